The largest absolute Gasteiger partial charge is 0.480 e. The van der Waals surface area contributed by atoms with Crippen LogP contribution in [-0.4, -0.2) is 104 Å². The van der Waals surface area contributed by atoms with Crippen LogP contribution in [0.5, 0.6) is 0 Å². The van der Waals surface area contributed by atoms with Gasteiger partial charge < -0.3 is 30.3 Å². The molecule has 2 atom stereocenters. The summed E-state index contributed by atoms with van der Waals surface area (Å²) in [7, 11) is 0. The van der Waals surface area contributed by atoms with E-state index in [2.05, 4.69) is 10.6 Å². The van der Waals surface area contributed by atoms with Gasteiger partial charge in [-0.15, -0.1) is 0 Å². The van der Waals surface area contributed by atoms with Gasteiger partial charge in [0.1, 0.15) is 23.3 Å². The summed E-state index contributed by atoms with van der Waals surface area (Å²) in [6.07, 6.45) is -0.374. The fraction of sp³-hybridized carbons (Fsp3) is 0.500. The Morgan fingerprint density at radius 2 is 0.865 bits per heavy atom. The standard InChI is InChI=1S/C36H44N4O12/c1-35(2,3)51-33(49)37-17-9-7-11-23(31(45)46)39-27(41)19-13-15-21-26-22(16-14-20(25(19)26)28(39)42)30(44)40(29(21)43)24(32(47)48)12-8-10-18-38-34(50)52-36(4,5)6/h13-16,23-24H,7-12,17-18H2,1-6H3,(H,37,49)(H,38,50)(H,45,46)(H,47,48)/t23-,24-/m1/s1. The Bertz CT molecular complexity index is 1620. The fourth-order valence-corrected chi connectivity index (χ4v) is 6.14. The lowest BCUT2D eigenvalue weighted by Crippen LogP contribution is -2.52. The summed E-state index contributed by atoms with van der Waals surface area (Å²) < 4.78 is 10.3. The van der Waals surface area contributed by atoms with Crippen molar-refractivity contribution < 1.29 is 58.0 Å². The molecule has 16 nitrogen and oxygen atoms in total. The van der Waals surface area contributed by atoms with Gasteiger partial charge in [0, 0.05) is 46.1 Å². The van der Waals surface area contributed by atoms with E-state index in [9.17, 15) is 48.6 Å². The first-order valence-corrected chi connectivity index (χ1v) is 17.0. The molecule has 2 aliphatic heterocycles. The summed E-state index contributed by atoms with van der Waals surface area (Å²) in [4.78, 5) is 105. The smallest absolute Gasteiger partial charge is 0.407 e. The average Bonchev–Trinajstić information content (AvgIpc) is 3.02. The van der Waals surface area contributed by atoms with Gasteiger partial charge in [-0.25, -0.2) is 19.2 Å². The number of nitrogens with zero attached hydrogens (tertiary/aromatic N) is 2. The molecule has 4 N–H and O–H groups in total. The van der Waals surface area contributed by atoms with Crippen molar-refractivity contribution in [1.29, 1.82) is 0 Å². The van der Waals surface area contributed by atoms with Gasteiger partial charge in [0.2, 0.25) is 0 Å². The van der Waals surface area contributed by atoms with Gasteiger partial charge in [0.05, 0.1) is 0 Å². The molecule has 0 aliphatic carbocycles. The maximum Gasteiger partial charge on any atom is 0.407 e. The number of imide groups is 2. The summed E-state index contributed by atoms with van der Waals surface area (Å²) in [5, 5.41) is 25.3. The maximum absolute atomic E-state index is 13.8. The van der Waals surface area contributed by atoms with E-state index in [1.165, 1.54) is 24.3 Å². The molecule has 2 aromatic carbocycles. The number of hydrogen-bond donors (Lipinski definition) is 4. The molecule has 2 aliphatic rings. The fourth-order valence-electron chi connectivity index (χ4n) is 6.14. The zero-order chi connectivity index (χ0) is 38.7. The molecule has 0 aromatic heterocycles. The SMILES string of the molecule is CC(C)(C)OC(=O)NCCCC[C@H](C(=O)O)N1C(=O)c2ccc3c4c(ccc(c24)C1=O)C(=O)N([C@H](CCCCNC(=O)OC(C)(C)C)C(=O)O)C3=O. The van der Waals surface area contributed by atoms with Gasteiger partial charge >= 0.3 is 24.1 Å². The molecule has 2 heterocycles. The maximum atomic E-state index is 13.8. The predicted octanol–water partition coefficient (Wildman–Crippen LogP) is 4.33. The van der Waals surface area contributed by atoms with E-state index in [0.29, 0.717) is 22.6 Å². The Balaban J connectivity index is 1.51. The Kier molecular flexibility index (Phi) is 11.6. The van der Waals surface area contributed by atoms with Crippen molar-refractivity contribution in [3.63, 3.8) is 0 Å². The van der Waals surface area contributed by atoms with Gasteiger partial charge in [-0.1, -0.05) is 0 Å². The van der Waals surface area contributed by atoms with Crippen LogP contribution in [0.3, 0.4) is 0 Å². The van der Waals surface area contributed by atoms with Gasteiger partial charge in [-0.3, -0.25) is 29.0 Å². The quantitative estimate of drug-likeness (QED) is 0.158. The zero-order valence-corrected chi connectivity index (χ0v) is 30.0. The molecule has 6 amide bonds. The number of nitrogens with one attached hydrogen (secondary N) is 2. The van der Waals surface area contributed by atoms with Crippen LogP contribution in [0.1, 0.15) is 121 Å². The van der Waals surface area contributed by atoms with E-state index >= 15 is 0 Å². The Hall–Kier alpha value is -5.54. The Labute approximate surface area is 299 Å². The van der Waals surface area contributed by atoms with Crippen LogP contribution in [0.25, 0.3) is 10.8 Å². The molecule has 0 fully saturated rings. The van der Waals surface area contributed by atoms with Crippen LogP contribution in [0.4, 0.5) is 9.59 Å². The van der Waals surface area contributed by atoms with Gasteiger partial charge in [0.25, 0.3) is 23.6 Å². The molecule has 0 unspecified atom stereocenters. The van der Waals surface area contributed by atoms with E-state index in [0.717, 1.165) is 0 Å². The molecular weight excluding hydrogens is 680 g/mol. The van der Waals surface area contributed by atoms with Crippen LogP contribution >= 0.6 is 0 Å². The van der Waals surface area contributed by atoms with Crippen LogP contribution in [0, 0.1) is 0 Å². The number of carbonyl (C=O) groups excluding carboxylic acids is 6. The lowest BCUT2D eigenvalue weighted by Gasteiger charge is -2.35. The molecule has 0 saturated heterocycles. The van der Waals surface area contributed by atoms with Crippen molar-refractivity contribution in [2.45, 2.75) is 103 Å². The second-order valence-corrected chi connectivity index (χ2v) is 14.6. The molecule has 0 radical (unpaired) electrons. The van der Waals surface area contributed by atoms with Crippen LogP contribution in [-0.2, 0) is 19.1 Å². The summed E-state index contributed by atoms with van der Waals surface area (Å²) in [6.45, 7) is 10.6. The first kappa shape index (κ1) is 39.2. The number of unbranched alkanes of at least 4 members (excludes halogenated alkanes) is 2. The second kappa shape index (κ2) is 15.4. The van der Waals surface area contributed by atoms with Crippen molar-refractivity contribution in [3.05, 3.63) is 46.5 Å². The highest BCUT2D eigenvalue weighted by Gasteiger charge is 2.45. The third-order valence-electron chi connectivity index (χ3n) is 8.30. The molecule has 52 heavy (non-hydrogen) atoms. The van der Waals surface area contributed by atoms with Gasteiger partial charge in [-0.05, 0) is 104 Å². The first-order valence-electron chi connectivity index (χ1n) is 17.0. The second-order valence-electron chi connectivity index (χ2n) is 14.6. The summed E-state index contributed by atoms with van der Waals surface area (Å²) in [5.41, 5.74) is -1.75. The molecule has 4 rings (SSSR count). The molecule has 280 valence electrons. The Morgan fingerprint density at radius 3 is 1.12 bits per heavy atom. The number of amides is 6. The topological polar surface area (TPSA) is 226 Å². The van der Waals surface area contributed by atoms with Crippen LogP contribution in [0.15, 0.2) is 24.3 Å². The molecule has 0 spiro atoms. The molecular formula is C36H44N4O12. The third-order valence-corrected chi connectivity index (χ3v) is 8.30. The number of rotatable bonds is 14. The molecule has 0 saturated carbocycles. The lowest BCUT2D eigenvalue weighted by molar-refractivity contribution is -0.142. The summed E-state index contributed by atoms with van der Waals surface area (Å²) >= 11 is 0. The lowest BCUT2D eigenvalue weighted by atomic mass is 9.84. The van der Waals surface area contributed by atoms with Crippen molar-refractivity contribution in [2.75, 3.05) is 13.1 Å². The number of carboxylic acid groups (broad SMARTS) is 2. The number of carbonyl (C=O) groups is 8. The minimum atomic E-state index is -1.55. The number of benzene rings is 2. The van der Waals surface area contributed by atoms with E-state index in [4.69, 9.17) is 9.47 Å². The molecule has 16 heteroatoms. The van der Waals surface area contributed by atoms with Crippen molar-refractivity contribution >= 4 is 58.5 Å². The monoisotopic (exact) mass is 724 g/mol. The van der Waals surface area contributed by atoms with Gasteiger partial charge in [-0.2, -0.15) is 0 Å². The minimum Gasteiger partial charge on any atom is -0.480 e. The highest BCUT2D eigenvalue weighted by atomic mass is 16.6. The first-order chi connectivity index (χ1) is 24.2. The number of ether oxygens (including phenoxy) is 2. The van der Waals surface area contributed by atoms with Crippen molar-refractivity contribution in [2.24, 2.45) is 0 Å². The molecule has 2 aromatic rings. The van der Waals surface area contributed by atoms with Crippen LogP contribution in [0.2, 0.25) is 0 Å². The highest BCUT2D eigenvalue weighted by Crippen LogP contribution is 2.39. The normalized spacial score (nSPS) is 15.3. The highest BCUT2D eigenvalue weighted by molar-refractivity contribution is 6.34. The van der Waals surface area contributed by atoms with E-state index in [-0.39, 0.29) is 71.8 Å². The summed E-state index contributed by atoms with van der Waals surface area (Å²) in [6, 6.07) is 1.96. The number of carboxylic acids is 2. The average molecular weight is 725 g/mol. The number of hydrogen-bond acceptors (Lipinski definition) is 10. The van der Waals surface area contributed by atoms with Crippen molar-refractivity contribution in [3.8, 4) is 0 Å². The van der Waals surface area contributed by atoms with Crippen molar-refractivity contribution in [1.82, 2.24) is 20.4 Å². The van der Waals surface area contributed by atoms with Crippen LogP contribution < -0.4 is 10.6 Å². The van der Waals surface area contributed by atoms with E-state index < -0.39 is 71.0 Å². The number of alkyl carbamates (subject to hydrolysis) is 2. The minimum absolute atomic E-state index is 0.00777. The van der Waals surface area contributed by atoms with E-state index in [1.807, 2.05) is 0 Å². The zero-order valence-electron chi connectivity index (χ0n) is 30.0. The van der Waals surface area contributed by atoms with Gasteiger partial charge in [0.15, 0.2) is 0 Å². The summed E-state index contributed by atoms with van der Waals surface area (Å²) in [5.74, 6) is -6.54. The predicted molar refractivity (Wildman–Crippen MR) is 184 cm³/mol. The third kappa shape index (κ3) is 8.66. The molecule has 0 bridgehead atoms. The Morgan fingerprint density at radius 1 is 0.577 bits per heavy atom. The van der Waals surface area contributed by atoms with E-state index in [1.54, 1.807) is 41.5 Å². The number of aliphatic carboxylic acids is 2.